The van der Waals surface area contributed by atoms with E-state index in [4.69, 9.17) is 0 Å². The van der Waals surface area contributed by atoms with Gasteiger partial charge in [0.25, 0.3) is 0 Å². The second-order valence-corrected chi connectivity index (χ2v) is 2.98. The molecule has 22 heavy (non-hydrogen) atoms. The molecule has 0 fully saturated rings. The zero-order valence-electron chi connectivity index (χ0n) is 15.2. The van der Waals surface area contributed by atoms with Gasteiger partial charge in [-0.25, -0.2) is 0 Å². The van der Waals surface area contributed by atoms with E-state index in [-0.39, 0.29) is 41.8 Å². The Morgan fingerprint density at radius 1 is 0.818 bits per heavy atom. The van der Waals surface area contributed by atoms with Gasteiger partial charge >= 0.3 is 19.5 Å². The maximum Gasteiger partial charge on any atom is 4.00 e. The summed E-state index contributed by atoms with van der Waals surface area (Å²) in [6.07, 6.45) is 2.48. The summed E-state index contributed by atoms with van der Waals surface area (Å²) in [7, 11) is 0. The smallest absolute Gasteiger partial charge is 0.358 e. The molecule has 0 aliphatic heterocycles. The summed E-state index contributed by atoms with van der Waals surface area (Å²) in [5.41, 5.74) is 2.81. The van der Waals surface area contributed by atoms with Crippen molar-refractivity contribution in [3.63, 3.8) is 0 Å². The number of hydrogen-bond donors (Lipinski definition) is 0. The third-order valence-electron chi connectivity index (χ3n) is 1.99. The van der Waals surface area contributed by atoms with E-state index in [1.807, 2.05) is 64.1 Å². The van der Waals surface area contributed by atoms with Gasteiger partial charge < -0.3 is 29.2 Å². The van der Waals surface area contributed by atoms with Crippen molar-refractivity contribution in [2.45, 2.75) is 34.1 Å². The van der Waals surface area contributed by atoms with Gasteiger partial charge in [0.1, 0.15) is 0 Å². The Morgan fingerprint density at radius 3 is 1.82 bits per heavy atom. The molecule has 0 atom stereocenters. The molecule has 0 saturated heterocycles. The predicted molar refractivity (Wildman–Crippen MR) is 98.5 cm³/mol. The van der Waals surface area contributed by atoms with E-state index in [0.29, 0.717) is 6.42 Å². The first kappa shape index (κ1) is 32.8. The van der Waals surface area contributed by atoms with E-state index >= 15 is 0 Å². The van der Waals surface area contributed by atoms with E-state index in [2.05, 4.69) is 16.9 Å². The molecule has 0 aliphatic rings. The molecule has 2 aromatic heterocycles. The van der Waals surface area contributed by atoms with Crippen LogP contribution in [0.3, 0.4) is 0 Å². The molecule has 0 aliphatic carbocycles. The largest absolute Gasteiger partial charge is 4.00 e. The van der Waals surface area contributed by atoms with Crippen molar-refractivity contribution >= 4 is 0 Å². The standard InChI is InChI=1S/C12H11N2.2C2H6.3CH3.Ru/c1-2-10-6-5-8-12(14-10)11-7-3-4-9-13-11;2*1-2;;;;/h3-9H,1-2H2;2*1-2H3;3*1H3;/q-1;;;3*-1;+4. The molecule has 2 rings (SSSR count). The first-order valence-corrected chi connectivity index (χ1v) is 6.57. The Kier molecular flexibility index (Phi) is 33.1. The van der Waals surface area contributed by atoms with Crippen molar-refractivity contribution in [2.24, 2.45) is 0 Å². The van der Waals surface area contributed by atoms with Gasteiger partial charge in [-0.2, -0.15) is 0 Å². The molecule has 2 nitrogen and oxygen atoms in total. The zero-order valence-corrected chi connectivity index (χ0v) is 16.9. The zero-order chi connectivity index (χ0) is 13.8. The van der Waals surface area contributed by atoms with Crippen molar-refractivity contribution in [2.75, 3.05) is 0 Å². The van der Waals surface area contributed by atoms with Crippen molar-refractivity contribution in [3.05, 3.63) is 77.5 Å². The van der Waals surface area contributed by atoms with Crippen LogP contribution >= 0.6 is 0 Å². The van der Waals surface area contributed by atoms with Crippen molar-refractivity contribution in [1.82, 2.24) is 9.97 Å². The van der Waals surface area contributed by atoms with Crippen molar-refractivity contribution in [3.8, 4) is 11.4 Å². The van der Waals surface area contributed by atoms with Crippen LogP contribution in [0.1, 0.15) is 33.4 Å². The second kappa shape index (κ2) is 22.2. The summed E-state index contributed by atoms with van der Waals surface area (Å²) in [5, 5.41) is 0. The minimum Gasteiger partial charge on any atom is -0.358 e. The molecule has 0 unspecified atom stereocenters. The maximum atomic E-state index is 4.44. The summed E-state index contributed by atoms with van der Waals surface area (Å²) in [6, 6.07) is 11.7. The second-order valence-electron chi connectivity index (χ2n) is 2.98. The molecule has 0 N–H and O–H groups in total. The Hall–Kier alpha value is -1.08. The fraction of sp³-hybridized carbons (Fsp3) is 0.263. The van der Waals surface area contributed by atoms with Gasteiger partial charge in [-0.3, -0.25) is 9.97 Å². The van der Waals surface area contributed by atoms with Crippen molar-refractivity contribution in [1.29, 1.82) is 0 Å². The average molecular weight is 390 g/mol. The van der Waals surface area contributed by atoms with Gasteiger partial charge in [-0.15, -0.1) is 6.42 Å². The van der Waals surface area contributed by atoms with Gasteiger partial charge in [-0.1, -0.05) is 39.8 Å². The van der Waals surface area contributed by atoms with E-state index < -0.39 is 0 Å². The quantitative estimate of drug-likeness (QED) is 0.470. The van der Waals surface area contributed by atoms with Crippen LogP contribution in [0.2, 0.25) is 0 Å². The fourth-order valence-corrected chi connectivity index (χ4v) is 1.28. The number of aromatic nitrogens is 2. The van der Waals surface area contributed by atoms with Gasteiger partial charge in [0.2, 0.25) is 0 Å². The molecule has 0 amide bonds. The minimum absolute atomic E-state index is 0. The van der Waals surface area contributed by atoms with E-state index in [0.717, 1.165) is 17.1 Å². The topological polar surface area (TPSA) is 25.8 Å². The van der Waals surface area contributed by atoms with Crippen LogP contribution in [0.4, 0.5) is 0 Å². The van der Waals surface area contributed by atoms with Crippen LogP contribution in [0, 0.1) is 29.2 Å². The monoisotopic (exact) mass is 390 g/mol. The van der Waals surface area contributed by atoms with E-state index in [9.17, 15) is 0 Å². The number of rotatable bonds is 2. The van der Waals surface area contributed by atoms with Crippen LogP contribution in [0.15, 0.2) is 42.6 Å². The van der Waals surface area contributed by atoms with Gasteiger partial charge in [0.05, 0.1) is 11.4 Å². The molecule has 126 valence electrons. The molecular formula is C19H32N2Ru. The van der Waals surface area contributed by atoms with Crippen LogP contribution in [-0.2, 0) is 25.9 Å². The first-order chi connectivity index (χ1) is 8.90. The molecule has 0 radical (unpaired) electrons. The third kappa shape index (κ3) is 11.6. The number of pyridine rings is 2. The molecular weight excluding hydrogens is 357 g/mol. The number of nitrogens with zero attached hydrogens (tertiary/aromatic N) is 2. The Morgan fingerprint density at radius 2 is 1.36 bits per heavy atom. The summed E-state index contributed by atoms with van der Waals surface area (Å²) in [5.74, 6) is 0. The summed E-state index contributed by atoms with van der Waals surface area (Å²) in [4.78, 5) is 8.68. The average Bonchev–Trinajstić information content (AvgIpc) is 2.52. The summed E-state index contributed by atoms with van der Waals surface area (Å²) >= 11 is 0. The fourth-order valence-electron chi connectivity index (χ4n) is 1.28. The Labute approximate surface area is 152 Å². The van der Waals surface area contributed by atoms with Crippen LogP contribution in [0.25, 0.3) is 11.4 Å². The maximum absolute atomic E-state index is 4.44. The van der Waals surface area contributed by atoms with E-state index in [1.165, 1.54) is 0 Å². The predicted octanol–water partition coefficient (Wildman–Crippen LogP) is 5.92. The molecule has 0 bridgehead atoms. The van der Waals surface area contributed by atoms with Gasteiger partial charge in [0.15, 0.2) is 0 Å². The van der Waals surface area contributed by atoms with Crippen molar-refractivity contribution < 1.29 is 19.5 Å². The SMILES string of the molecule is CC.CC.[CH2-]Cc1cccc(-c2ccccn2)n1.[CH3-].[CH3-].[CH3-].[Ru+4]. The van der Waals surface area contributed by atoms with Crippen LogP contribution in [-0.4, -0.2) is 9.97 Å². The summed E-state index contributed by atoms with van der Waals surface area (Å²) < 4.78 is 0. The molecule has 0 saturated carbocycles. The van der Waals surface area contributed by atoms with Gasteiger partial charge in [0, 0.05) is 11.9 Å². The third-order valence-corrected chi connectivity index (χ3v) is 1.99. The van der Waals surface area contributed by atoms with Crippen LogP contribution in [0.5, 0.6) is 0 Å². The molecule has 2 heterocycles. The van der Waals surface area contributed by atoms with E-state index in [1.54, 1.807) is 6.20 Å². The molecule has 0 aromatic carbocycles. The molecule has 2 aromatic rings. The molecule has 3 heteroatoms. The molecule has 0 spiro atoms. The first-order valence-electron chi connectivity index (χ1n) is 6.57. The normalized spacial score (nSPS) is 6.95. The minimum atomic E-state index is 0. The Bertz CT molecular complexity index is 417. The van der Waals surface area contributed by atoms with Gasteiger partial charge in [-0.05, 0) is 24.3 Å². The summed E-state index contributed by atoms with van der Waals surface area (Å²) in [6.45, 7) is 11.8. The van der Waals surface area contributed by atoms with Crippen LogP contribution < -0.4 is 0 Å². The number of hydrogen-bond acceptors (Lipinski definition) is 2. The Balaban J connectivity index is -0.000000112.